The molecule has 0 aromatic heterocycles. The Morgan fingerprint density at radius 2 is 1.62 bits per heavy atom. The number of benzene rings is 1. The second-order valence-corrected chi connectivity index (χ2v) is 5.82. The molecule has 0 radical (unpaired) electrons. The Bertz CT molecular complexity index is 523. The molecule has 0 saturated carbocycles. The lowest BCUT2D eigenvalue weighted by molar-refractivity contribution is -0.384. The van der Waals surface area contributed by atoms with Crippen LogP contribution < -0.4 is 0 Å². The first-order valence-electron chi connectivity index (χ1n) is 8.72. The lowest BCUT2D eigenvalue weighted by Gasteiger charge is -2.03. The zero-order valence-corrected chi connectivity index (χ0v) is 14.4. The molecule has 0 aliphatic heterocycles. The van der Waals surface area contributed by atoms with Gasteiger partial charge in [0.05, 0.1) is 11.5 Å². The first-order chi connectivity index (χ1) is 11.6. The summed E-state index contributed by atoms with van der Waals surface area (Å²) < 4.78 is 5.14. The minimum absolute atomic E-state index is 0.0319. The minimum Gasteiger partial charge on any atom is -0.463 e. The van der Waals surface area contributed by atoms with Crippen LogP contribution >= 0.6 is 0 Å². The number of rotatable bonds is 12. The topological polar surface area (TPSA) is 69.4 Å². The molecule has 0 aliphatic carbocycles. The molecule has 24 heavy (non-hydrogen) atoms. The summed E-state index contributed by atoms with van der Waals surface area (Å²) in [5.74, 6) is -0.378. The van der Waals surface area contributed by atoms with E-state index in [9.17, 15) is 14.9 Å². The molecular formula is C19H27NO4. The van der Waals surface area contributed by atoms with E-state index in [1.807, 2.05) is 0 Å². The van der Waals surface area contributed by atoms with Crippen LogP contribution in [-0.4, -0.2) is 17.5 Å². The molecule has 0 saturated heterocycles. The molecule has 5 nitrogen and oxygen atoms in total. The Morgan fingerprint density at radius 1 is 1.04 bits per heavy atom. The van der Waals surface area contributed by atoms with Crippen molar-refractivity contribution in [3.05, 3.63) is 46.0 Å². The summed E-state index contributed by atoms with van der Waals surface area (Å²) in [6.45, 7) is 2.66. The van der Waals surface area contributed by atoms with Crippen molar-refractivity contribution in [2.75, 3.05) is 6.61 Å². The first kappa shape index (κ1) is 19.9. The SMILES string of the molecule is CCCCCCCCCCOC(=O)C=Cc1ccc([N+](=O)[O-])cc1. The Labute approximate surface area is 143 Å². The highest BCUT2D eigenvalue weighted by Gasteiger charge is 2.03. The summed E-state index contributed by atoms with van der Waals surface area (Å²) in [5.41, 5.74) is 0.758. The van der Waals surface area contributed by atoms with Crippen molar-refractivity contribution in [1.29, 1.82) is 0 Å². The second-order valence-electron chi connectivity index (χ2n) is 5.82. The predicted molar refractivity (Wildman–Crippen MR) is 95.7 cm³/mol. The Morgan fingerprint density at radius 3 is 2.21 bits per heavy atom. The van der Waals surface area contributed by atoms with Gasteiger partial charge in [0, 0.05) is 18.2 Å². The third-order valence-corrected chi connectivity index (χ3v) is 3.76. The van der Waals surface area contributed by atoms with E-state index in [1.165, 1.54) is 56.7 Å². The summed E-state index contributed by atoms with van der Waals surface area (Å²) in [6.07, 6.45) is 12.6. The summed E-state index contributed by atoms with van der Waals surface area (Å²) in [5, 5.41) is 10.6. The van der Waals surface area contributed by atoms with Gasteiger partial charge in [-0.25, -0.2) is 4.79 Å². The van der Waals surface area contributed by atoms with Gasteiger partial charge in [0.1, 0.15) is 0 Å². The van der Waals surface area contributed by atoms with Gasteiger partial charge in [0.2, 0.25) is 0 Å². The van der Waals surface area contributed by atoms with Crippen LogP contribution in [0.4, 0.5) is 5.69 Å². The van der Waals surface area contributed by atoms with Gasteiger partial charge < -0.3 is 4.74 Å². The molecule has 1 aromatic rings. The molecule has 0 bridgehead atoms. The van der Waals surface area contributed by atoms with Crippen LogP contribution in [0.25, 0.3) is 6.08 Å². The molecule has 0 spiro atoms. The molecule has 0 atom stereocenters. The number of esters is 1. The van der Waals surface area contributed by atoms with Gasteiger partial charge in [-0.15, -0.1) is 0 Å². The normalized spacial score (nSPS) is 10.9. The predicted octanol–water partition coefficient (Wildman–Crippen LogP) is 5.29. The highest BCUT2D eigenvalue weighted by atomic mass is 16.6. The molecule has 0 aliphatic rings. The van der Waals surface area contributed by atoms with Crippen LogP contribution in [0.2, 0.25) is 0 Å². The van der Waals surface area contributed by atoms with Crippen molar-refractivity contribution >= 4 is 17.7 Å². The Hall–Kier alpha value is -2.17. The molecule has 132 valence electrons. The highest BCUT2D eigenvalue weighted by Crippen LogP contribution is 2.13. The number of nitrogens with zero attached hydrogens (tertiary/aromatic N) is 1. The maximum absolute atomic E-state index is 11.6. The van der Waals surface area contributed by atoms with Gasteiger partial charge in [0.15, 0.2) is 0 Å². The number of hydrogen-bond donors (Lipinski definition) is 0. The summed E-state index contributed by atoms with van der Waals surface area (Å²) in [4.78, 5) is 21.7. The molecule has 0 amide bonds. The molecular weight excluding hydrogens is 306 g/mol. The Kier molecular flexibility index (Phi) is 10.2. The lowest BCUT2D eigenvalue weighted by atomic mass is 10.1. The van der Waals surface area contributed by atoms with Crippen molar-refractivity contribution in [2.24, 2.45) is 0 Å². The van der Waals surface area contributed by atoms with Gasteiger partial charge >= 0.3 is 5.97 Å². The zero-order valence-electron chi connectivity index (χ0n) is 14.4. The van der Waals surface area contributed by atoms with Crippen molar-refractivity contribution in [1.82, 2.24) is 0 Å². The number of carbonyl (C=O) groups is 1. The van der Waals surface area contributed by atoms with E-state index in [2.05, 4.69) is 6.92 Å². The van der Waals surface area contributed by atoms with E-state index in [0.717, 1.165) is 18.4 Å². The number of nitro benzene ring substituents is 1. The fourth-order valence-electron chi connectivity index (χ4n) is 2.33. The number of carbonyl (C=O) groups excluding carboxylic acids is 1. The molecule has 0 N–H and O–H groups in total. The Balaban J connectivity index is 2.12. The van der Waals surface area contributed by atoms with Crippen molar-refractivity contribution in [2.45, 2.75) is 58.3 Å². The molecule has 0 heterocycles. The summed E-state index contributed by atoms with van der Waals surface area (Å²) >= 11 is 0. The average Bonchev–Trinajstić information content (AvgIpc) is 2.59. The molecule has 0 fully saturated rings. The van der Waals surface area contributed by atoms with Crippen LogP contribution in [0.3, 0.4) is 0 Å². The number of hydrogen-bond acceptors (Lipinski definition) is 4. The van der Waals surface area contributed by atoms with Crippen LogP contribution in [0, 0.1) is 10.1 Å². The van der Waals surface area contributed by atoms with E-state index < -0.39 is 4.92 Å². The van der Waals surface area contributed by atoms with Crippen molar-refractivity contribution in [3.8, 4) is 0 Å². The fraction of sp³-hybridized carbons (Fsp3) is 0.526. The number of non-ortho nitro benzene ring substituents is 1. The largest absolute Gasteiger partial charge is 0.463 e. The highest BCUT2D eigenvalue weighted by molar-refractivity contribution is 5.87. The minimum atomic E-state index is -0.453. The number of unbranched alkanes of at least 4 members (excludes halogenated alkanes) is 7. The van der Waals surface area contributed by atoms with E-state index >= 15 is 0 Å². The van der Waals surface area contributed by atoms with Crippen molar-refractivity contribution < 1.29 is 14.5 Å². The van der Waals surface area contributed by atoms with Crippen LogP contribution in [0.1, 0.15) is 63.9 Å². The average molecular weight is 333 g/mol. The van der Waals surface area contributed by atoms with E-state index in [-0.39, 0.29) is 11.7 Å². The summed E-state index contributed by atoms with van der Waals surface area (Å²) in [6, 6.07) is 6.01. The van der Waals surface area contributed by atoms with Gasteiger partial charge in [0.25, 0.3) is 5.69 Å². The molecule has 0 unspecified atom stereocenters. The first-order valence-corrected chi connectivity index (χ1v) is 8.72. The van der Waals surface area contributed by atoms with Crippen LogP contribution in [-0.2, 0) is 9.53 Å². The summed E-state index contributed by atoms with van der Waals surface area (Å²) in [7, 11) is 0. The maximum atomic E-state index is 11.6. The molecule has 1 aromatic carbocycles. The van der Waals surface area contributed by atoms with Crippen molar-refractivity contribution in [3.63, 3.8) is 0 Å². The number of ether oxygens (including phenoxy) is 1. The van der Waals surface area contributed by atoms with E-state index in [0.29, 0.717) is 6.61 Å². The zero-order chi connectivity index (χ0) is 17.6. The van der Waals surface area contributed by atoms with Gasteiger partial charge in [-0.2, -0.15) is 0 Å². The molecule has 1 rings (SSSR count). The fourth-order valence-corrected chi connectivity index (χ4v) is 2.33. The van der Waals surface area contributed by atoms with Crippen LogP contribution in [0.5, 0.6) is 0 Å². The smallest absolute Gasteiger partial charge is 0.330 e. The third-order valence-electron chi connectivity index (χ3n) is 3.76. The third kappa shape index (κ3) is 9.08. The van der Waals surface area contributed by atoms with Gasteiger partial charge in [-0.3, -0.25) is 10.1 Å². The maximum Gasteiger partial charge on any atom is 0.330 e. The second kappa shape index (κ2) is 12.3. The monoisotopic (exact) mass is 333 g/mol. The van der Waals surface area contributed by atoms with Gasteiger partial charge in [-0.05, 0) is 30.2 Å². The number of nitro groups is 1. The van der Waals surface area contributed by atoms with E-state index in [1.54, 1.807) is 18.2 Å². The quantitative estimate of drug-likeness (QED) is 0.171. The van der Waals surface area contributed by atoms with E-state index in [4.69, 9.17) is 4.74 Å². The standard InChI is InChI=1S/C19H27NO4/c1-2-3-4-5-6-7-8-9-16-24-19(21)15-12-17-10-13-18(14-11-17)20(22)23/h10-15H,2-9,16H2,1H3. The van der Waals surface area contributed by atoms with Gasteiger partial charge in [-0.1, -0.05) is 51.9 Å². The van der Waals surface area contributed by atoms with Crippen LogP contribution in [0.15, 0.2) is 30.3 Å². The molecule has 5 heteroatoms. The lowest BCUT2D eigenvalue weighted by Crippen LogP contribution is -2.02.